The molecule has 10 heteroatoms. The van der Waals surface area contributed by atoms with E-state index in [1.54, 1.807) is 55.7 Å². The van der Waals surface area contributed by atoms with E-state index in [4.69, 9.17) is 30.5 Å². The van der Waals surface area contributed by atoms with E-state index in [0.29, 0.717) is 28.4 Å². The Kier molecular flexibility index (Phi) is 7.78. The minimum atomic E-state index is -1.01. The van der Waals surface area contributed by atoms with Crippen LogP contribution in [0.3, 0.4) is 0 Å². The summed E-state index contributed by atoms with van der Waals surface area (Å²) in [4.78, 5) is 32.4. The zero-order valence-corrected chi connectivity index (χ0v) is 22.3. The molecule has 2 aromatic carbocycles. The molecule has 1 unspecified atom stereocenters. The molecule has 9 nitrogen and oxygen atoms in total. The number of halogens is 1. The maximum absolute atomic E-state index is 13.5. The molecule has 3 aromatic rings. The van der Waals surface area contributed by atoms with Gasteiger partial charge in [0.25, 0.3) is 11.7 Å². The van der Waals surface area contributed by atoms with Crippen LogP contribution in [0, 0.1) is 6.92 Å². The molecule has 1 N–H and O–H groups in total. The first-order valence-electron chi connectivity index (χ1n) is 11.6. The van der Waals surface area contributed by atoms with E-state index >= 15 is 0 Å². The second kappa shape index (κ2) is 11.0. The quantitative estimate of drug-likeness (QED) is 0.250. The number of carbonyl (C=O) groups is 2. The summed E-state index contributed by atoms with van der Waals surface area (Å²) in [5.41, 5.74) is 1.94. The molecule has 198 valence electrons. The lowest BCUT2D eigenvalue weighted by atomic mass is 9.93. The molecule has 1 amide bonds. The number of likely N-dealkylation sites (tertiary alicyclic amines) is 1. The van der Waals surface area contributed by atoms with Gasteiger partial charge in [-0.3, -0.25) is 14.6 Å². The third-order valence-corrected chi connectivity index (χ3v) is 6.55. The summed E-state index contributed by atoms with van der Waals surface area (Å²) in [6.45, 7) is 1.85. The van der Waals surface area contributed by atoms with Crippen LogP contribution < -0.4 is 18.9 Å². The van der Waals surface area contributed by atoms with Crippen molar-refractivity contribution < 1.29 is 33.6 Å². The van der Waals surface area contributed by atoms with Gasteiger partial charge in [0.15, 0.2) is 11.5 Å². The Balaban J connectivity index is 2.01. The molecule has 2 heterocycles. The van der Waals surface area contributed by atoms with Gasteiger partial charge in [0.1, 0.15) is 11.5 Å². The summed E-state index contributed by atoms with van der Waals surface area (Å²) in [5.74, 6) is -0.892. The van der Waals surface area contributed by atoms with Gasteiger partial charge in [0, 0.05) is 18.9 Å². The summed E-state index contributed by atoms with van der Waals surface area (Å²) in [5, 5.41) is 11.8. The predicted molar refractivity (Wildman–Crippen MR) is 141 cm³/mol. The number of ketones is 1. The number of Topliss-reactive ketones (excluding diaryl/α,β-unsaturated/α-hetero) is 1. The molecular formula is C28H27ClN2O7. The van der Waals surface area contributed by atoms with E-state index in [2.05, 4.69) is 4.98 Å². The van der Waals surface area contributed by atoms with Crippen molar-refractivity contribution in [1.29, 1.82) is 0 Å². The second-order valence-corrected chi connectivity index (χ2v) is 8.98. The normalized spacial score (nSPS) is 16.5. The summed E-state index contributed by atoms with van der Waals surface area (Å²) < 4.78 is 21.9. The van der Waals surface area contributed by atoms with E-state index in [-0.39, 0.29) is 28.5 Å². The number of aryl methyl sites for hydroxylation is 1. The van der Waals surface area contributed by atoms with Crippen molar-refractivity contribution in [3.8, 4) is 23.0 Å². The third-order valence-electron chi connectivity index (χ3n) is 6.27. The molecule has 1 atom stereocenters. The first kappa shape index (κ1) is 26.8. The largest absolute Gasteiger partial charge is 0.507 e. The number of nitrogens with zero attached hydrogens (tertiary/aromatic N) is 2. The zero-order valence-electron chi connectivity index (χ0n) is 21.6. The van der Waals surface area contributed by atoms with Gasteiger partial charge in [-0.05, 0) is 53.9 Å². The molecule has 1 aromatic heterocycles. The number of ether oxygens (including phenoxy) is 4. The molecular weight excluding hydrogens is 512 g/mol. The summed E-state index contributed by atoms with van der Waals surface area (Å²) in [6.07, 6.45) is 3.22. The molecule has 0 aliphatic carbocycles. The van der Waals surface area contributed by atoms with Crippen molar-refractivity contribution in [1.82, 2.24) is 9.88 Å². The number of hydrogen-bond acceptors (Lipinski definition) is 8. The molecule has 0 saturated carbocycles. The van der Waals surface area contributed by atoms with Gasteiger partial charge in [0.05, 0.1) is 50.6 Å². The van der Waals surface area contributed by atoms with Crippen LogP contribution in [0.2, 0.25) is 5.02 Å². The number of aromatic nitrogens is 1. The first-order valence-corrected chi connectivity index (χ1v) is 11.9. The fourth-order valence-corrected chi connectivity index (χ4v) is 4.95. The Morgan fingerprint density at radius 2 is 1.66 bits per heavy atom. The third kappa shape index (κ3) is 4.72. The standard InChI is InChI=1S/C28H27ClN2O7/c1-15-9-18(26(37-4)19(29)10-15)24(32)22-23(17-11-20(35-2)27(38-5)21(12-17)36-3)31(28(34)25(22)33)14-16-7-6-8-30-13-16/h6-13,23,32H,14H2,1-5H3/b24-22+. The number of benzene rings is 2. The number of methoxy groups -OCH3 is 4. The molecule has 1 fully saturated rings. The lowest BCUT2D eigenvalue weighted by Gasteiger charge is -2.26. The highest BCUT2D eigenvalue weighted by molar-refractivity contribution is 6.46. The average molecular weight is 539 g/mol. The van der Waals surface area contributed by atoms with Crippen molar-refractivity contribution in [3.63, 3.8) is 0 Å². The lowest BCUT2D eigenvalue weighted by molar-refractivity contribution is -0.140. The van der Waals surface area contributed by atoms with Gasteiger partial charge in [-0.2, -0.15) is 0 Å². The van der Waals surface area contributed by atoms with Crippen LogP contribution in [0.4, 0.5) is 0 Å². The fourth-order valence-electron chi connectivity index (χ4n) is 4.59. The second-order valence-electron chi connectivity index (χ2n) is 8.57. The molecule has 0 bridgehead atoms. The van der Waals surface area contributed by atoms with Crippen molar-refractivity contribution in [2.75, 3.05) is 28.4 Å². The number of hydrogen-bond donors (Lipinski definition) is 1. The maximum Gasteiger partial charge on any atom is 0.295 e. The minimum absolute atomic E-state index is 0.0578. The number of pyridine rings is 1. The Morgan fingerprint density at radius 3 is 2.21 bits per heavy atom. The summed E-state index contributed by atoms with van der Waals surface area (Å²) >= 11 is 6.38. The highest BCUT2D eigenvalue weighted by Gasteiger charge is 2.47. The van der Waals surface area contributed by atoms with Crippen LogP contribution in [0.15, 0.2) is 54.4 Å². The Hall–Kier alpha value is -4.24. The van der Waals surface area contributed by atoms with E-state index in [1.807, 2.05) is 0 Å². The van der Waals surface area contributed by atoms with Crippen LogP contribution in [0.5, 0.6) is 23.0 Å². The van der Waals surface area contributed by atoms with Crippen molar-refractivity contribution >= 4 is 29.1 Å². The number of amides is 1. The molecule has 38 heavy (non-hydrogen) atoms. The summed E-state index contributed by atoms with van der Waals surface area (Å²) in [7, 11) is 5.81. The van der Waals surface area contributed by atoms with Crippen molar-refractivity contribution in [2.45, 2.75) is 19.5 Å². The van der Waals surface area contributed by atoms with Crippen molar-refractivity contribution in [3.05, 3.63) is 81.6 Å². The van der Waals surface area contributed by atoms with E-state index in [9.17, 15) is 14.7 Å². The Labute approximate surface area is 225 Å². The lowest BCUT2D eigenvalue weighted by Crippen LogP contribution is -2.29. The maximum atomic E-state index is 13.5. The minimum Gasteiger partial charge on any atom is -0.507 e. The van der Waals surface area contributed by atoms with Crippen LogP contribution in [0.1, 0.15) is 28.3 Å². The Bertz CT molecular complexity index is 1400. The average Bonchev–Trinajstić information content (AvgIpc) is 3.16. The smallest absolute Gasteiger partial charge is 0.295 e. The van der Waals surface area contributed by atoms with E-state index < -0.39 is 23.5 Å². The number of carbonyl (C=O) groups excluding carboxylic acids is 2. The van der Waals surface area contributed by atoms with E-state index in [0.717, 1.165) is 5.56 Å². The van der Waals surface area contributed by atoms with Gasteiger partial charge >= 0.3 is 0 Å². The van der Waals surface area contributed by atoms with Crippen LogP contribution in [-0.2, 0) is 16.1 Å². The predicted octanol–water partition coefficient (Wildman–Crippen LogP) is 4.70. The molecule has 0 spiro atoms. The highest BCUT2D eigenvalue weighted by Crippen LogP contribution is 2.47. The molecule has 1 aliphatic heterocycles. The first-order chi connectivity index (χ1) is 18.2. The van der Waals surface area contributed by atoms with Gasteiger partial charge in [-0.1, -0.05) is 17.7 Å². The van der Waals surface area contributed by atoms with Crippen LogP contribution >= 0.6 is 11.6 Å². The monoisotopic (exact) mass is 538 g/mol. The van der Waals surface area contributed by atoms with Crippen molar-refractivity contribution in [2.24, 2.45) is 0 Å². The molecule has 4 rings (SSSR count). The number of rotatable bonds is 8. The van der Waals surface area contributed by atoms with E-state index in [1.165, 1.54) is 33.3 Å². The highest BCUT2D eigenvalue weighted by atomic mass is 35.5. The van der Waals surface area contributed by atoms with Crippen LogP contribution in [-0.4, -0.2) is 55.1 Å². The Morgan fingerprint density at radius 1 is 1.00 bits per heavy atom. The number of aliphatic hydroxyl groups is 1. The van der Waals surface area contributed by atoms with Crippen LogP contribution in [0.25, 0.3) is 5.76 Å². The SMILES string of the molecule is COc1cc(C2/C(=C(\O)c3cc(C)cc(Cl)c3OC)C(=O)C(=O)N2Cc2cccnc2)cc(OC)c1OC. The summed E-state index contributed by atoms with van der Waals surface area (Å²) in [6, 6.07) is 9.12. The number of aliphatic hydroxyl groups excluding tert-OH is 1. The molecule has 1 aliphatic rings. The van der Waals surface area contributed by atoms with Gasteiger partial charge in [-0.25, -0.2) is 0 Å². The van der Waals surface area contributed by atoms with Gasteiger partial charge < -0.3 is 29.0 Å². The topological polar surface area (TPSA) is 107 Å². The zero-order chi connectivity index (χ0) is 27.6. The molecule has 1 saturated heterocycles. The molecule has 0 radical (unpaired) electrons. The van der Waals surface area contributed by atoms with Gasteiger partial charge in [0.2, 0.25) is 5.75 Å². The van der Waals surface area contributed by atoms with Gasteiger partial charge in [-0.15, -0.1) is 0 Å². The fraction of sp³-hybridized carbons (Fsp3) is 0.250.